The molecule has 2 aliphatic rings. The van der Waals surface area contributed by atoms with Gasteiger partial charge >= 0.3 is 0 Å². The lowest BCUT2D eigenvalue weighted by Crippen LogP contribution is -2.36. The highest BCUT2D eigenvalue weighted by atomic mass is 16.7. The number of hydrogen-bond donors (Lipinski definition) is 1. The monoisotopic (exact) mass is 400 g/mol. The van der Waals surface area contributed by atoms with E-state index in [1.54, 1.807) is 7.11 Å². The summed E-state index contributed by atoms with van der Waals surface area (Å²) in [7, 11) is 1.56. The Morgan fingerprint density at radius 3 is 2.79 bits per heavy atom. The second kappa shape index (κ2) is 8.52. The lowest BCUT2D eigenvalue weighted by Gasteiger charge is -2.21. The van der Waals surface area contributed by atoms with Crippen LogP contribution in [-0.2, 0) is 29.2 Å². The second-order valence-electron chi connectivity index (χ2n) is 7.06. The summed E-state index contributed by atoms with van der Waals surface area (Å²) in [5.41, 5.74) is 1.20. The van der Waals surface area contributed by atoms with E-state index in [1.165, 1.54) is 10.6 Å². The van der Waals surface area contributed by atoms with Crippen LogP contribution in [0.25, 0.3) is 0 Å². The smallest absolute Gasteiger partial charge is 0.255 e. The number of carbonyl (C=O) groups is 1. The Morgan fingerprint density at radius 2 is 2.00 bits per heavy atom. The van der Waals surface area contributed by atoms with Crippen molar-refractivity contribution in [2.24, 2.45) is 0 Å². The van der Waals surface area contributed by atoms with Gasteiger partial charge in [-0.25, -0.2) is 4.98 Å². The van der Waals surface area contributed by atoms with Gasteiger partial charge in [-0.1, -0.05) is 6.07 Å². The first-order valence-electron chi connectivity index (χ1n) is 9.64. The number of methoxy groups -OCH3 is 1. The number of fused-ring (bicyclic) bond motifs is 1. The van der Waals surface area contributed by atoms with Gasteiger partial charge in [0.1, 0.15) is 6.54 Å². The fourth-order valence-electron chi connectivity index (χ4n) is 3.52. The molecule has 0 saturated carbocycles. The number of anilines is 1. The molecular weight excluding hydrogens is 376 g/mol. The van der Waals surface area contributed by atoms with E-state index in [9.17, 15) is 9.59 Å². The van der Waals surface area contributed by atoms with Crippen LogP contribution >= 0.6 is 0 Å². The Morgan fingerprint density at radius 1 is 1.21 bits per heavy atom. The van der Waals surface area contributed by atoms with Gasteiger partial charge in [-0.2, -0.15) is 0 Å². The van der Waals surface area contributed by atoms with Crippen LogP contribution in [0.15, 0.2) is 29.1 Å². The third-order valence-electron chi connectivity index (χ3n) is 4.95. The van der Waals surface area contributed by atoms with Gasteiger partial charge in [-0.15, -0.1) is 0 Å². The van der Waals surface area contributed by atoms with Crippen molar-refractivity contribution >= 4 is 11.9 Å². The summed E-state index contributed by atoms with van der Waals surface area (Å²) >= 11 is 0. The molecule has 9 heteroatoms. The van der Waals surface area contributed by atoms with Gasteiger partial charge < -0.3 is 24.4 Å². The molecule has 0 radical (unpaired) electrons. The van der Waals surface area contributed by atoms with Gasteiger partial charge in [0.15, 0.2) is 11.5 Å². The molecule has 4 rings (SSSR count). The van der Waals surface area contributed by atoms with Crippen LogP contribution < -0.4 is 25.2 Å². The first-order valence-corrected chi connectivity index (χ1v) is 9.64. The van der Waals surface area contributed by atoms with Crippen LogP contribution in [0.4, 0.5) is 5.95 Å². The summed E-state index contributed by atoms with van der Waals surface area (Å²) in [5.74, 6) is 1.64. The molecule has 1 fully saturated rings. The molecule has 1 N–H and O–H groups in total. The van der Waals surface area contributed by atoms with Gasteiger partial charge in [0, 0.05) is 32.8 Å². The van der Waals surface area contributed by atoms with Crippen LogP contribution in [-0.4, -0.2) is 42.5 Å². The number of nitrogens with zero attached hydrogens (tertiary/aromatic N) is 3. The highest BCUT2D eigenvalue weighted by Gasteiger charge is 2.21. The number of benzene rings is 1. The maximum atomic E-state index is 12.7. The molecule has 2 aromatic rings. The van der Waals surface area contributed by atoms with Crippen molar-refractivity contribution in [2.45, 2.75) is 32.5 Å². The van der Waals surface area contributed by atoms with Crippen LogP contribution in [0.2, 0.25) is 0 Å². The molecule has 29 heavy (non-hydrogen) atoms. The Balaban J connectivity index is 1.47. The minimum atomic E-state index is -0.258. The van der Waals surface area contributed by atoms with Crippen LogP contribution in [0.1, 0.15) is 24.1 Å². The minimum Gasteiger partial charge on any atom is -0.454 e. The maximum absolute atomic E-state index is 12.7. The molecule has 1 aromatic heterocycles. The van der Waals surface area contributed by atoms with Crippen molar-refractivity contribution in [1.82, 2.24) is 14.9 Å². The summed E-state index contributed by atoms with van der Waals surface area (Å²) in [6.45, 7) is 2.35. The second-order valence-corrected chi connectivity index (χ2v) is 7.06. The Bertz CT molecular complexity index is 952. The molecule has 154 valence electrons. The standard InChI is InChI=1S/C20H24N4O5/c1-27-12-15-9-19(26)24(20(22-15)23-6-2-3-7-23)11-18(25)21-10-14-4-5-16-17(8-14)29-13-28-16/h4-5,8-9H,2-3,6-7,10-13H2,1H3,(H,21,25). The fourth-order valence-corrected chi connectivity index (χ4v) is 3.52. The summed E-state index contributed by atoms with van der Waals surface area (Å²) < 4.78 is 17.2. The number of hydrogen-bond acceptors (Lipinski definition) is 7. The molecule has 0 atom stereocenters. The number of carbonyl (C=O) groups excluding carboxylic acids is 1. The highest BCUT2D eigenvalue weighted by Crippen LogP contribution is 2.32. The lowest BCUT2D eigenvalue weighted by atomic mass is 10.2. The SMILES string of the molecule is COCc1cc(=O)n(CC(=O)NCc2ccc3c(c2)OCO3)c(N2CCCC2)n1. The Hall–Kier alpha value is -3.07. The predicted octanol–water partition coefficient (Wildman–Crippen LogP) is 1.03. The maximum Gasteiger partial charge on any atom is 0.255 e. The van der Waals surface area contributed by atoms with E-state index in [-0.39, 0.29) is 31.4 Å². The van der Waals surface area contributed by atoms with Crippen LogP contribution in [0.5, 0.6) is 11.5 Å². The van der Waals surface area contributed by atoms with Gasteiger partial charge in [-0.3, -0.25) is 14.2 Å². The average Bonchev–Trinajstić information content (AvgIpc) is 3.40. The molecular formula is C20H24N4O5. The largest absolute Gasteiger partial charge is 0.454 e. The predicted molar refractivity (Wildman–Crippen MR) is 105 cm³/mol. The lowest BCUT2D eigenvalue weighted by molar-refractivity contribution is -0.121. The van der Waals surface area contributed by atoms with Crippen molar-refractivity contribution in [2.75, 3.05) is 31.9 Å². The molecule has 3 heterocycles. The normalized spacial score (nSPS) is 15.0. The van der Waals surface area contributed by atoms with Crippen LogP contribution in [0, 0.1) is 0 Å². The van der Waals surface area contributed by atoms with E-state index >= 15 is 0 Å². The van der Waals surface area contributed by atoms with Gasteiger partial charge in [0.05, 0.1) is 12.3 Å². The Labute approximate surface area is 168 Å². The molecule has 9 nitrogen and oxygen atoms in total. The van der Waals surface area contributed by atoms with Crippen molar-refractivity contribution in [1.29, 1.82) is 0 Å². The first-order chi connectivity index (χ1) is 14.1. The van der Waals surface area contributed by atoms with Crippen molar-refractivity contribution < 1.29 is 19.0 Å². The van der Waals surface area contributed by atoms with Crippen LogP contribution in [0.3, 0.4) is 0 Å². The molecule has 0 unspecified atom stereocenters. The Kier molecular flexibility index (Phi) is 5.66. The van der Waals surface area contributed by atoms with E-state index in [1.807, 2.05) is 23.1 Å². The number of amides is 1. The quantitative estimate of drug-likeness (QED) is 0.742. The van der Waals surface area contributed by atoms with E-state index in [4.69, 9.17) is 14.2 Å². The van der Waals surface area contributed by atoms with Crippen molar-refractivity contribution in [3.8, 4) is 11.5 Å². The van der Waals surface area contributed by atoms with E-state index in [2.05, 4.69) is 10.3 Å². The first kappa shape index (κ1) is 19.3. The average molecular weight is 400 g/mol. The fraction of sp³-hybridized carbons (Fsp3) is 0.450. The summed E-state index contributed by atoms with van der Waals surface area (Å²) in [6.07, 6.45) is 2.08. The summed E-state index contributed by atoms with van der Waals surface area (Å²) in [5, 5.41) is 2.86. The summed E-state index contributed by atoms with van der Waals surface area (Å²) in [4.78, 5) is 31.8. The highest BCUT2D eigenvalue weighted by molar-refractivity contribution is 5.76. The van der Waals surface area contributed by atoms with Gasteiger partial charge in [0.25, 0.3) is 5.56 Å². The number of aromatic nitrogens is 2. The van der Waals surface area contributed by atoms with Gasteiger partial charge in [-0.05, 0) is 30.5 Å². The zero-order chi connectivity index (χ0) is 20.2. The number of rotatable bonds is 7. The molecule has 1 saturated heterocycles. The zero-order valence-electron chi connectivity index (χ0n) is 16.3. The molecule has 2 aliphatic heterocycles. The minimum absolute atomic E-state index is 0.0878. The molecule has 0 aliphatic carbocycles. The molecule has 0 bridgehead atoms. The van der Waals surface area contributed by atoms with Crippen molar-refractivity contribution in [3.63, 3.8) is 0 Å². The van der Waals surface area contributed by atoms with Crippen molar-refractivity contribution in [3.05, 3.63) is 45.9 Å². The number of ether oxygens (including phenoxy) is 3. The zero-order valence-corrected chi connectivity index (χ0v) is 16.3. The third-order valence-corrected chi connectivity index (χ3v) is 4.95. The van der Waals surface area contributed by atoms with E-state index in [0.717, 1.165) is 31.5 Å². The van der Waals surface area contributed by atoms with E-state index in [0.29, 0.717) is 29.7 Å². The number of nitrogens with one attached hydrogen (secondary N) is 1. The van der Waals surface area contributed by atoms with E-state index < -0.39 is 0 Å². The topological polar surface area (TPSA) is 94.9 Å². The molecule has 0 spiro atoms. The molecule has 1 amide bonds. The van der Waals surface area contributed by atoms with Gasteiger partial charge in [0.2, 0.25) is 18.6 Å². The summed E-state index contributed by atoms with van der Waals surface area (Å²) in [6, 6.07) is 6.95. The third kappa shape index (κ3) is 4.34. The molecule has 1 aromatic carbocycles.